The number of hydrogen-bond acceptors (Lipinski definition) is 6. The van der Waals surface area contributed by atoms with Gasteiger partial charge in [-0.1, -0.05) is 12.1 Å². The van der Waals surface area contributed by atoms with Crippen LogP contribution in [0.5, 0.6) is 0 Å². The van der Waals surface area contributed by atoms with Gasteiger partial charge in [-0.2, -0.15) is 4.98 Å². The summed E-state index contributed by atoms with van der Waals surface area (Å²) in [6.07, 6.45) is 2.11. The maximum Gasteiger partial charge on any atom is 0.410 e. The Bertz CT molecular complexity index is 509. The number of aryl methyl sites for hydroxylation is 1. The van der Waals surface area contributed by atoms with Crippen LogP contribution in [-0.4, -0.2) is 45.9 Å². The average Bonchev–Trinajstić information content (AvgIpc) is 2.86. The summed E-state index contributed by atoms with van der Waals surface area (Å²) < 4.78 is 10.8. The Morgan fingerprint density at radius 1 is 1.50 bits per heavy atom. The third kappa shape index (κ3) is 4.19. The molecule has 1 aliphatic heterocycles. The zero-order valence-corrected chi connectivity index (χ0v) is 13.8. The summed E-state index contributed by atoms with van der Waals surface area (Å²) in [4.78, 5) is 18.3. The van der Waals surface area contributed by atoms with Crippen LogP contribution in [0.15, 0.2) is 4.52 Å². The van der Waals surface area contributed by atoms with Crippen molar-refractivity contribution in [2.45, 2.75) is 64.5 Å². The molecule has 1 aliphatic rings. The largest absolute Gasteiger partial charge is 0.444 e. The van der Waals surface area contributed by atoms with Crippen LogP contribution in [0.1, 0.15) is 58.2 Å². The Balaban J connectivity index is 2.05. The van der Waals surface area contributed by atoms with Gasteiger partial charge >= 0.3 is 6.09 Å². The van der Waals surface area contributed by atoms with Crippen molar-refractivity contribution in [3.8, 4) is 0 Å². The minimum atomic E-state index is -0.509. The van der Waals surface area contributed by atoms with E-state index in [-0.39, 0.29) is 18.1 Å². The van der Waals surface area contributed by atoms with Crippen LogP contribution in [0.3, 0.4) is 0 Å². The van der Waals surface area contributed by atoms with E-state index in [0.717, 1.165) is 12.8 Å². The number of piperidine rings is 1. The number of nitrogens with zero attached hydrogens (tertiary/aromatic N) is 3. The molecule has 0 spiro atoms. The van der Waals surface area contributed by atoms with Gasteiger partial charge in [0.2, 0.25) is 5.89 Å². The molecule has 0 bridgehead atoms. The van der Waals surface area contributed by atoms with Crippen LogP contribution in [0, 0.1) is 0 Å². The molecule has 1 amide bonds. The predicted molar refractivity (Wildman–Crippen MR) is 81.4 cm³/mol. The van der Waals surface area contributed by atoms with E-state index in [4.69, 9.17) is 15.0 Å². The Morgan fingerprint density at radius 3 is 2.86 bits per heavy atom. The van der Waals surface area contributed by atoms with Crippen molar-refractivity contribution >= 4 is 6.09 Å². The molecule has 2 atom stereocenters. The molecule has 0 unspecified atom stereocenters. The highest BCUT2D eigenvalue weighted by Gasteiger charge is 2.35. The van der Waals surface area contributed by atoms with Crippen molar-refractivity contribution in [1.29, 1.82) is 0 Å². The lowest BCUT2D eigenvalue weighted by molar-refractivity contribution is 0.0175. The van der Waals surface area contributed by atoms with E-state index < -0.39 is 5.60 Å². The number of aromatic nitrogens is 2. The lowest BCUT2D eigenvalue weighted by Crippen LogP contribution is -2.49. The van der Waals surface area contributed by atoms with Crippen LogP contribution in [-0.2, 0) is 11.2 Å². The topological polar surface area (TPSA) is 94.5 Å². The molecular formula is C15H26N4O3. The molecule has 7 heteroatoms. The average molecular weight is 310 g/mol. The van der Waals surface area contributed by atoms with E-state index in [1.807, 2.05) is 20.8 Å². The number of carbonyl (C=O) groups excluding carboxylic acids is 1. The summed E-state index contributed by atoms with van der Waals surface area (Å²) in [7, 11) is 0. The molecule has 2 heterocycles. The molecule has 0 radical (unpaired) electrons. The van der Waals surface area contributed by atoms with Gasteiger partial charge in [-0.3, -0.25) is 0 Å². The lowest BCUT2D eigenvalue weighted by Gasteiger charge is -2.35. The van der Waals surface area contributed by atoms with E-state index in [9.17, 15) is 4.79 Å². The molecule has 1 aromatic heterocycles. The third-order valence-corrected chi connectivity index (χ3v) is 3.59. The fourth-order valence-electron chi connectivity index (χ4n) is 2.47. The molecule has 2 rings (SSSR count). The molecule has 1 aromatic rings. The van der Waals surface area contributed by atoms with Gasteiger partial charge in [0.15, 0.2) is 5.82 Å². The first kappa shape index (κ1) is 16.7. The van der Waals surface area contributed by atoms with Crippen LogP contribution in [0.2, 0.25) is 0 Å². The van der Waals surface area contributed by atoms with Gasteiger partial charge in [0, 0.05) is 25.6 Å². The molecular weight excluding hydrogens is 284 g/mol. The fourth-order valence-corrected chi connectivity index (χ4v) is 2.47. The van der Waals surface area contributed by atoms with E-state index in [0.29, 0.717) is 31.2 Å². The second kappa shape index (κ2) is 6.64. The number of carbonyl (C=O) groups is 1. The van der Waals surface area contributed by atoms with Gasteiger partial charge in [0.05, 0.1) is 5.92 Å². The fraction of sp³-hybridized carbons (Fsp3) is 0.800. The van der Waals surface area contributed by atoms with Crippen molar-refractivity contribution in [3.63, 3.8) is 0 Å². The van der Waals surface area contributed by atoms with Crippen molar-refractivity contribution < 1.29 is 14.1 Å². The monoisotopic (exact) mass is 310 g/mol. The van der Waals surface area contributed by atoms with Crippen molar-refractivity contribution in [3.05, 3.63) is 11.7 Å². The molecule has 1 fully saturated rings. The number of ether oxygens (including phenoxy) is 1. The zero-order valence-electron chi connectivity index (χ0n) is 13.8. The van der Waals surface area contributed by atoms with Gasteiger partial charge in [-0.15, -0.1) is 0 Å². The van der Waals surface area contributed by atoms with Crippen LogP contribution < -0.4 is 5.73 Å². The highest BCUT2D eigenvalue weighted by molar-refractivity contribution is 5.68. The lowest BCUT2D eigenvalue weighted by atomic mass is 9.93. The number of amides is 1. The van der Waals surface area contributed by atoms with Crippen molar-refractivity contribution in [1.82, 2.24) is 15.0 Å². The minimum absolute atomic E-state index is 0.0892. The number of nitrogens with two attached hydrogens (primary N) is 1. The molecule has 0 aromatic carbocycles. The summed E-state index contributed by atoms with van der Waals surface area (Å²) in [6.45, 7) is 8.66. The van der Waals surface area contributed by atoms with E-state index >= 15 is 0 Å². The van der Waals surface area contributed by atoms with Crippen molar-refractivity contribution in [2.24, 2.45) is 5.73 Å². The minimum Gasteiger partial charge on any atom is -0.444 e. The van der Waals surface area contributed by atoms with Gasteiger partial charge in [-0.25, -0.2) is 4.79 Å². The molecule has 1 saturated heterocycles. The standard InChI is InChI=1S/C15H26N4O3/c1-5-6-12-17-13(22-18-12)10-9-19(8-7-11(10)16)14(20)21-15(2,3)4/h10-11H,5-9,16H2,1-4H3/t10-,11+/m0/s1. The summed E-state index contributed by atoms with van der Waals surface area (Å²) in [5.74, 6) is 1.07. The second-order valence-corrected chi connectivity index (χ2v) is 6.78. The molecule has 0 saturated carbocycles. The number of likely N-dealkylation sites (tertiary alicyclic amines) is 1. The van der Waals surface area contributed by atoms with E-state index in [2.05, 4.69) is 17.1 Å². The molecule has 2 N–H and O–H groups in total. The normalized spacial score (nSPS) is 22.7. The predicted octanol–water partition coefficient (Wildman–Crippen LogP) is 2.07. The highest BCUT2D eigenvalue weighted by atomic mass is 16.6. The summed E-state index contributed by atoms with van der Waals surface area (Å²) in [5.41, 5.74) is 5.67. The Hall–Kier alpha value is -1.63. The quantitative estimate of drug-likeness (QED) is 0.918. The highest BCUT2D eigenvalue weighted by Crippen LogP contribution is 2.26. The Kier molecular flexibility index (Phi) is 5.05. The van der Waals surface area contributed by atoms with Gasteiger partial charge < -0.3 is 19.9 Å². The van der Waals surface area contributed by atoms with E-state index in [1.165, 1.54) is 0 Å². The Labute approximate surface area is 131 Å². The molecule has 7 nitrogen and oxygen atoms in total. The smallest absolute Gasteiger partial charge is 0.410 e. The summed E-state index contributed by atoms with van der Waals surface area (Å²) >= 11 is 0. The molecule has 22 heavy (non-hydrogen) atoms. The number of hydrogen-bond donors (Lipinski definition) is 1. The summed E-state index contributed by atoms with van der Waals surface area (Å²) in [6, 6.07) is -0.0892. The maximum atomic E-state index is 12.2. The first-order chi connectivity index (χ1) is 10.3. The SMILES string of the molecule is CCCc1noc([C@H]2CN(C(=O)OC(C)(C)C)CC[C@H]2N)n1. The van der Waals surface area contributed by atoms with Gasteiger partial charge in [0.1, 0.15) is 5.60 Å². The molecule has 0 aliphatic carbocycles. The van der Waals surface area contributed by atoms with Crippen LogP contribution in [0.4, 0.5) is 4.79 Å². The first-order valence-electron chi connectivity index (χ1n) is 7.86. The number of rotatable bonds is 3. The first-order valence-corrected chi connectivity index (χ1v) is 7.86. The molecule has 124 valence electrons. The summed E-state index contributed by atoms with van der Waals surface area (Å²) in [5, 5.41) is 3.97. The van der Waals surface area contributed by atoms with Crippen LogP contribution in [0.25, 0.3) is 0 Å². The maximum absolute atomic E-state index is 12.2. The Morgan fingerprint density at radius 2 is 2.23 bits per heavy atom. The van der Waals surface area contributed by atoms with E-state index in [1.54, 1.807) is 4.90 Å². The zero-order chi connectivity index (χ0) is 16.3. The van der Waals surface area contributed by atoms with Gasteiger partial charge in [0.25, 0.3) is 0 Å². The van der Waals surface area contributed by atoms with Crippen LogP contribution >= 0.6 is 0 Å². The third-order valence-electron chi connectivity index (χ3n) is 3.59. The van der Waals surface area contributed by atoms with Gasteiger partial charge in [-0.05, 0) is 33.6 Å². The second-order valence-electron chi connectivity index (χ2n) is 6.78. The van der Waals surface area contributed by atoms with Crippen molar-refractivity contribution in [2.75, 3.05) is 13.1 Å².